The van der Waals surface area contributed by atoms with Crippen LogP contribution in [0.3, 0.4) is 0 Å². The van der Waals surface area contributed by atoms with Crippen molar-refractivity contribution < 1.29 is 17.9 Å². The van der Waals surface area contributed by atoms with Gasteiger partial charge in [-0.05, 0) is 50.8 Å². The Balaban J connectivity index is 1.79. The van der Waals surface area contributed by atoms with E-state index in [0.717, 1.165) is 6.42 Å². The second-order valence-electron chi connectivity index (χ2n) is 7.23. The molecule has 1 aliphatic heterocycles. The predicted molar refractivity (Wildman–Crippen MR) is 112 cm³/mol. The lowest BCUT2D eigenvalue weighted by Crippen LogP contribution is -2.43. The second kappa shape index (κ2) is 10.8. The van der Waals surface area contributed by atoms with Gasteiger partial charge >= 0.3 is 0 Å². The summed E-state index contributed by atoms with van der Waals surface area (Å²) < 4.78 is 32.3. The summed E-state index contributed by atoms with van der Waals surface area (Å²) in [6, 6.07) is 4.79. The minimum absolute atomic E-state index is 0.0117. The first-order chi connectivity index (χ1) is 13.2. The number of ether oxygens (including phenoxy) is 1. The molecule has 158 valence electrons. The van der Waals surface area contributed by atoms with Crippen LogP contribution in [0, 0.1) is 5.92 Å². The van der Waals surface area contributed by atoms with Gasteiger partial charge in [0.05, 0.1) is 11.9 Å². The molecule has 0 aliphatic carbocycles. The normalized spacial score (nSPS) is 16.5. The number of rotatable bonds is 9. The summed E-state index contributed by atoms with van der Waals surface area (Å²) in [5, 5.41) is 3.72. The van der Waals surface area contributed by atoms with Crippen LogP contribution >= 0.6 is 23.2 Å². The van der Waals surface area contributed by atoms with Gasteiger partial charge in [-0.15, -0.1) is 0 Å². The standard InChI is InChI=1S/C19H28Cl2N2O4S/c1-14(2)27-11-3-8-22-19(24)15-6-9-23(10-7-15)28(25,26)13-16-4-5-17(20)12-18(16)21/h4-5,12,14-15H,3,6-11,13H2,1-2H3,(H,22,24). The van der Waals surface area contributed by atoms with Crippen molar-refractivity contribution in [3.8, 4) is 0 Å². The van der Waals surface area contributed by atoms with Crippen LogP contribution in [0.15, 0.2) is 18.2 Å². The van der Waals surface area contributed by atoms with Crippen molar-refractivity contribution in [3.63, 3.8) is 0 Å². The molecular formula is C19H28Cl2N2O4S. The van der Waals surface area contributed by atoms with Gasteiger partial charge < -0.3 is 10.1 Å². The van der Waals surface area contributed by atoms with Gasteiger partial charge in [0.1, 0.15) is 0 Å². The van der Waals surface area contributed by atoms with Crippen molar-refractivity contribution in [2.75, 3.05) is 26.2 Å². The van der Waals surface area contributed by atoms with Crippen LogP contribution in [-0.2, 0) is 25.3 Å². The van der Waals surface area contributed by atoms with Gasteiger partial charge in [-0.3, -0.25) is 4.79 Å². The molecule has 1 fully saturated rings. The van der Waals surface area contributed by atoms with E-state index in [1.54, 1.807) is 12.1 Å². The topological polar surface area (TPSA) is 75.7 Å². The number of carbonyl (C=O) groups is 1. The van der Waals surface area contributed by atoms with Crippen molar-refractivity contribution in [3.05, 3.63) is 33.8 Å². The Morgan fingerprint density at radius 3 is 2.57 bits per heavy atom. The third-order valence-electron chi connectivity index (χ3n) is 4.64. The first kappa shape index (κ1) is 23.4. The maximum absolute atomic E-state index is 12.7. The Kier molecular flexibility index (Phi) is 9.02. The van der Waals surface area contributed by atoms with E-state index >= 15 is 0 Å². The fraction of sp³-hybridized carbons (Fsp3) is 0.632. The summed E-state index contributed by atoms with van der Waals surface area (Å²) in [7, 11) is -3.50. The zero-order valence-electron chi connectivity index (χ0n) is 16.3. The third kappa shape index (κ3) is 7.19. The Morgan fingerprint density at radius 1 is 1.29 bits per heavy atom. The molecule has 28 heavy (non-hydrogen) atoms. The Bertz CT molecular complexity index is 763. The number of amides is 1. The number of benzene rings is 1. The van der Waals surface area contributed by atoms with Crippen LogP contribution in [0.25, 0.3) is 0 Å². The molecule has 0 unspecified atom stereocenters. The largest absolute Gasteiger partial charge is 0.379 e. The van der Waals surface area contributed by atoms with Crippen molar-refractivity contribution in [1.82, 2.24) is 9.62 Å². The fourth-order valence-corrected chi connectivity index (χ4v) is 5.22. The summed E-state index contributed by atoms with van der Waals surface area (Å²) in [6.45, 7) is 5.80. The van der Waals surface area contributed by atoms with E-state index in [-0.39, 0.29) is 23.7 Å². The highest BCUT2D eigenvalue weighted by Gasteiger charge is 2.31. The summed E-state index contributed by atoms with van der Waals surface area (Å²) >= 11 is 12.0. The lowest BCUT2D eigenvalue weighted by molar-refractivity contribution is -0.126. The molecule has 1 heterocycles. The van der Waals surface area contributed by atoms with E-state index in [9.17, 15) is 13.2 Å². The molecule has 2 rings (SSSR count). The number of sulfonamides is 1. The molecule has 1 N–H and O–H groups in total. The maximum Gasteiger partial charge on any atom is 0.223 e. The highest BCUT2D eigenvalue weighted by molar-refractivity contribution is 7.88. The molecule has 1 aliphatic rings. The molecule has 1 amide bonds. The number of hydrogen-bond donors (Lipinski definition) is 1. The Hall–Kier alpha value is -0.860. The molecule has 0 saturated carbocycles. The molecule has 6 nitrogen and oxygen atoms in total. The highest BCUT2D eigenvalue weighted by atomic mass is 35.5. The van der Waals surface area contributed by atoms with Gasteiger partial charge in [-0.1, -0.05) is 29.3 Å². The summed E-state index contributed by atoms with van der Waals surface area (Å²) in [5.74, 6) is -0.339. The SMILES string of the molecule is CC(C)OCCCNC(=O)C1CCN(S(=O)(=O)Cc2ccc(Cl)cc2Cl)CC1. The average Bonchev–Trinajstić information content (AvgIpc) is 2.63. The number of carbonyl (C=O) groups excluding carboxylic acids is 1. The molecule has 1 saturated heterocycles. The first-order valence-corrected chi connectivity index (χ1v) is 11.9. The molecular weight excluding hydrogens is 423 g/mol. The number of piperidine rings is 1. The van der Waals surface area contributed by atoms with Crippen LogP contribution in [0.4, 0.5) is 0 Å². The monoisotopic (exact) mass is 450 g/mol. The van der Waals surface area contributed by atoms with Gasteiger partial charge in [0.25, 0.3) is 0 Å². The number of halogens is 2. The molecule has 9 heteroatoms. The molecule has 0 bridgehead atoms. The highest BCUT2D eigenvalue weighted by Crippen LogP contribution is 2.26. The van der Waals surface area contributed by atoms with Crippen molar-refractivity contribution in [2.45, 2.75) is 45.0 Å². The summed E-state index contributed by atoms with van der Waals surface area (Å²) in [6.07, 6.45) is 1.98. The van der Waals surface area contributed by atoms with Gasteiger partial charge in [0.15, 0.2) is 0 Å². The number of nitrogens with one attached hydrogen (secondary N) is 1. The molecule has 0 atom stereocenters. The van der Waals surface area contributed by atoms with Crippen molar-refractivity contribution >= 4 is 39.1 Å². The van der Waals surface area contributed by atoms with E-state index in [1.165, 1.54) is 10.4 Å². The van der Waals surface area contributed by atoms with E-state index in [2.05, 4.69) is 5.32 Å². The van der Waals surface area contributed by atoms with E-state index < -0.39 is 10.0 Å². The first-order valence-electron chi connectivity index (χ1n) is 9.50. The van der Waals surface area contributed by atoms with Gasteiger partial charge in [0.2, 0.25) is 15.9 Å². The van der Waals surface area contributed by atoms with Crippen LogP contribution in [-0.4, -0.2) is 51.0 Å². The maximum atomic E-state index is 12.7. The second-order valence-corrected chi connectivity index (χ2v) is 10.0. The van der Waals surface area contributed by atoms with Crippen molar-refractivity contribution in [1.29, 1.82) is 0 Å². The molecule has 0 spiro atoms. The molecule has 1 aromatic rings. The Labute approximate surface area is 177 Å². The van der Waals surface area contributed by atoms with Gasteiger partial charge in [-0.2, -0.15) is 0 Å². The lowest BCUT2D eigenvalue weighted by atomic mass is 9.97. The van der Waals surface area contributed by atoms with Gasteiger partial charge in [-0.25, -0.2) is 12.7 Å². The van der Waals surface area contributed by atoms with E-state index in [4.69, 9.17) is 27.9 Å². The molecule has 0 radical (unpaired) electrons. The minimum atomic E-state index is -3.50. The number of hydrogen-bond acceptors (Lipinski definition) is 4. The summed E-state index contributed by atoms with van der Waals surface area (Å²) in [4.78, 5) is 12.3. The van der Waals surface area contributed by atoms with Crippen LogP contribution in [0.5, 0.6) is 0 Å². The third-order valence-corrected chi connectivity index (χ3v) is 7.06. The fourth-order valence-electron chi connectivity index (χ4n) is 3.07. The average molecular weight is 451 g/mol. The Morgan fingerprint density at radius 2 is 1.96 bits per heavy atom. The van der Waals surface area contributed by atoms with Crippen molar-refractivity contribution in [2.24, 2.45) is 5.92 Å². The minimum Gasteiger partial charge on any atom is -0.379 e. The van der Waals surface area contributed by atoms with Crippen LogP contribution < -0.4 is 5.32 Å². The van der Waals surface area contributed by atoms with Gasteiger partial charge in [0, 0.05) is 42.2 Å². The molecule has 0 aromatic heterocycles. The zero-order chi connectivity index (χ0) is 20.7. The number of nitrogens with zero attached hydrogens (tertiary/aromatic N) is 1. The summed E-state index contributed by atoms with van der Waals surface area (Å²) in [5.41, 5.74) is 0.523. The molecule has 1 aromatic carbocycles. The smallest absolute Gasteiger partial charge is 0.223 e. The van der Waals surface area contributed by atoms with E-state index in [1.807, 2.05) is 13.8 Å². The zero-order valence-corrected chi connectivity index (χ0v) is 18.6. The van der Waals surface area contributed by atoms with E-state index in [0.29, 0.717) is 54.7 Å². The lowest BCUT2D eigenvalue weighted by Gasteiger charge is -2.30. The van der Waals surface area contributed by atoms with Crippen LogP contribution in [0.1, 0.15) is 38.7 Å². The quantitative estimate of drug-likeness (QED) is 0.584. The van der Waals surface area contributed by atoms with Crippen LogP contribution in [0.2, 0.25) is 10.0 Å². The predicted octanol–water partition coefficient (Wildman–Crippen LogP) is 3.47.